The van der Waals surface area contributed by atoms with Gasteiger partial charge in [0.2, 0.25) is 5.91 Å². The van der Waals surface area contributed by atoms with Gasteiger partial charge in [0, 0.05) is 24.2 Å². The molecule has 27 heavy (non-hydrogen) atoms. The van der Waals surface area contributed by atoms with E-state index in [-0.39, 0.29) is 5.91 Å². The van der Waals surface area contributed by atoms with Crippen molar-refractivity contribution in [3.05, 3.63) is 47.3 Å². The van der Waals surface area contributed by atoms with Gasteiger partial charge in [0.15, 0.2) is 17.5 Å². The zero-order chi connectivity index (χ0) is 19.1. The first-order chi connectivity index (χ1) is 12.9. The molecule has 1 N–H and O–H groups in total. The average Bonchev–Trinajstić information content (AvgIpc) is 3.34. The van der Waals surface area contributed by atoms with E-state index in [1.165, 1.54) is 31.7 Å². The first-order valence-corrected chi connectivity index (χ1v) is 9.05. The van der Waals surface area contributed by atoms with E-state index in [1.54, 1.807) is 0 Å². The van der Waals surface area contributed by atoms with E-state index >= 15 is 0 Å². The summed E-state index contributed by atoms with van der Waals surface area (Å²) in [5.74, 6) is -4.37. The highest BCUT2D eigenvalue weighted by molar-refractivity contribution is 5.90. The van der Waals surface area contributed by atoms with Gasteiger partial charge in [-0.05, 0) is 37.0 Å². The number of nitrogens with zero attached hydrogens (tertiary/aromatic N) is 2. The summed E-state index contributed by atoms with van der Waals surface area (Å²) >= 11 is 0. The van der Waals surface area contributed by atoms with Crippen LogP contribution in [0.4, 0.5) is 23.2 Å². The molecule has 4 nitrogen and oxygen atoms in total. The number of benzene rings is 1. The summed E-state index contributed by atoms with van der Waals surface area (Å²) < 4.78 is 55.0. The second-order valence-corrected chi connectivity index (χ2v) is 7.56. The van der Waals surface area contributed by atoms with E-state index in [4.69, 9.17) is 0 Å². The molecule has 0 spiro atoms. The SMILES string of the molecule is O=C(CC1CC2CCC1C2)Nc1cnn(Cc2c(F)cc(F)c(F)c2F)c1. The minimum atomic E-state index is -1.72. The number of halogens is 4. The molecule has 2 bridgehead atoms. The normalized spacial score (nSPS) is 23.8. The van der Waals surface area contributed by atoms with Gasteiger partial charge in [-0.1, -0.05) is 6.42 Å². The third-order valence-electron chi connectivity index (χ3n) is 5.78. The topological polar surface area (TPSA) is 46.9 Å². The summed E-state index contributed by atoms with van der Waals surface area (Å²) in [5, 5.41) is 6.66. The molecule has 1 aromatic heterocycles. The third kappa shape index (κ3) is 3.57. The van der Waals surface area contributed by atoms with Crippen molar-refractivity contribution >= 4 is 11.6 Å². The van der Waals surface area contributed by atoms with Crippen LogP contribution in [0.1, 0.15) is 37.7 Å². The molecule has 2 fully saturated rings. The summed E-state index contributed by atoms with van der Waals surface area (Å²) in [6.45, 7) is -0.420. The van der Waals surface area contributed by atoms with Gasteiger partial charge < -0.3 is 5.32 Å². The highest BCUT2D eigenvalue weighted by atomic mass is 19.2. The molecule has 2 saturated carbocycles. The van der Waals surface area contributed by atoms with Crippen molar-refractivity contribution in [2.45, 2.75) is 38.6 Å². The number of rotatable bonds is 5. The van der Waals surface area contributed by atoms with Crippen molar-refractivity contribution < 1.29 is 22.4 Å². The van der Waals surface area contributed by atoms with Crippen LogP contribution in [0.3, 0.4) is 0 Å². The van der Waals surface area contributed by atoms with E-state index in [2.05, 4.69) is 10.4 Å². The molecule has 1 amide bonds. The van der Waals surface area contributed by atoms with Gasteiger partial charge in [-0.2, -0.15) is 5.10 Å². The summed E-state index contributed by atoms with van der Waals surface area (Å²) in [4.78, 5) is 12.2. The first kappa shape index (κ1) is 18.0. The van der Waals surface area contributed by atoms with Crippen LogP contribution in [0.25, 0.3) is 0 Å². The van der Waals surface area contributed by atoms with Crippen LogP contribution in [0.2, 0.25) is 0 Å². The summed E-state index contributed by atoms with van der Waals surface area (Å²) in [5.41, 5.74) is -0.233. The number of amides is 1. The smallest absolute Gasteiger partial charge is 0.224 e. The fourth-order valence-corrected chi connectivity index (χ4v) is 4.50. The molecule has 0 saturated heterocycles. The minimum Gasteiger partial charge on any atom is -0.323 e. The Bertz CT molecular complexity index is 882. The van der Waals surface area contributed by atoms with E-state index < -0.39 is 35.4 Å². The molecule has 2 aromatic rings. The van der Waals surface area contributed by atoms with Crippen LogP contribution < -0.4 is 5.32 Å². The largest absolute Gasteiger partial charge is 0.323 e. The lowest BCUT2D eigenvalue weighted by Crippen LogP contribution is -2.20. The molecule has 0 radical (unpaired) electrons. The Hall–Kier alpha value is -2.38. The molecule has 4 rings (SSSR count). The van der Waals surface area contributed by atoms with Crippen LogP contribution in [0, 0.1) is 41.0 Å². The monoisotopic (exact) mass is 381 g/mol. The molecular weight excluding hydrogens is 362 g/mol. The summed E-state index contributed by atoms with van der Waals surface area (Å²) in [6, 6.07) is 0.301. The van der Waals surface area contributed by atoms with Gasteiger partial charge >= 0.3 is 0 Å². The van der Waals surface area contributed by atoms with Crippen LogP contribution >= 0.6 is 0 Å². The molecule has 1 heterocycles. The Balaban J connectivity index is 1.39. The van der Waals surface area contributed by atoms with Crippen molar-refractivity contribution in [2.75, 3.05) is 5.32 Å². The lowest BCUT2D eigenvalue weighted by molar-refractivity contribution is -0.117. The van der Waals surface area contributed by atoms with Gasteiger partial charge in [0.25, 0.3) is 0 Å². The van der Waals surface area contributed by atoms with Crippen molar-refractivity contribution in [1.82, 2.24) is 9.78 Å². The highest BCUT2D eigenvalue weighted by Gasteiger charge is 2.40. The van der Waals surface area contributed by atoms with E-state index in [0.29, 0.717) is 30.0 Å². The number of hydrogen-bond acceptors (Lipinski definition) is 2. The Morgan fingerprint density at radius 2 is 1.96 bits per heavy atom. The number of carbonyl (C=O) groups is 1. The lowest BCUT2D eigenvalue weighted by Gasteiger charge is -2.20. The Morgan fingerprint density at radius 3 is 2.67 bits per heavy atom. The molecule has 2 aliphatic rings. The first-order valence-electron chi connectivity index (χ1n) is 9.05. The third-order valence-corrected chi connectivity index (χ3v) is 5.78. The molecular formula is C19H19F4N3O. The standard InChI is InChI=1S/C19H19F4N3O/c20-15-6-16(21)19(23)18(22)14(15)9-26-8-13(7-24-26)25-17(27)5-12-4-10-1-2-11(12)3-10/h6-8,10-12H,1-5,9H2,(H,25,27). The predicted molar refractivity (Wildman–Crippen MR) is 89.8 cm³/mol. The number of anilines is 1. The summed E-state index contributed by atoms with van der Waals surface area (Å²) in [6.07, 6.45) is 8.01. The van der Waals surface area contributed by atoms with Crippen molar-refractivity contribution in [1.29, 1.82) is 0 Å². The van der Waals surface area contributed by atoms with Crippen LogP contribution in [-0.4, -0.2) is 15.7 Å². The van der Waals surface area contributed by atoms with Gasteiger partial charge in [-0.25, -0.2) is 17.6 Å². The van der Waals surface area contributed by atoms with Gasteiger partial charge in [-0.15, -0.1) is 0 Å². The van der Waals surface area contributed by atoms with Crippen molar-refractivity contribution in [2.24, 2.45) is 17.8 Å². The van der Waals surface area contributed by atoms with Gasteiger partial charge in [0.1, 0.15) is 5.82 Å². The molecule has 3 unspecified atom stereocenters. The van der Waals surface area contributed by atoms with Gasteiger partial charge in [0.05, 0.1) is 18.4 Å². The predicted octanol–water partition coefficient (Wildman–Crippen LogP) is 4.25. The number of fused-ring (bicyclic) bond motifs is 2. The number of hydrogen-bond donors (Lipinski definition) is 1. The average molecular weight is 381 g/mol. The zero-order valence-corrected chi connectivity index (χ0v) is 14.5. The molecule has 2 aliphatic carbocycles. The molecule has 1 aromatic carbocycles. The summed E-state index contributed by atoms with van der Waals surface area (Å²) in [7, 11) is 0. The highest BCUT2D eigenvalue weighted by Crippen LogP contribution is 2.49. The minimum absolute atomic E-state index is 0.114. The second-order valence-electron chi connectivity index (χ2n) is 7.56. The van der Waals surface area contributed by atoms with Crippen molar-refractivity contribution in [3.63, 3.8) is 0 Å². The molecule has 0 aliphatic heterocycles. The van der Waals surface area contributed by atoms with E-state index in [1.807, 2.05) is 0 Å². The molecule has 144 valence electrons. The fourth-order valence-electron chi connectivity index (χ4n) is 4.50. The number of nitrogens with one attached hydrogen (secondary N) is 1. The Morgan fingerprint density at radius 1 is 1.15 bits per heavy atom. The lowest BCUT2D eigenvalue weighted by atomic mass is 9.86. The van der Waals surface area contributed by atoms with Crippen LogP contribution in [0.15, 0.2) is 18.5 Å². The van der Waals surface area contributed by atoms with E-state index in [9.17, 15) is 22.4 Å². The van der Waals surface area contributed by atoms with Crippen LogP contribution in [-0.2, 0) is 11.3 Å². The molecule has 3 atom stereocenters. The fraction of sp³-hybridized carbons (Fsp3) is 0.474. The zero-order valence-electron chi connectivity index (χ0n) is 14.5. The van der Waals surface area contributed by atoms with Crippen molar-refractivity contribution in [3.8, 4) is 0 Å². The number of carbonyl (C=O) groups excluding carboxylic acids is 1. The number of aromatic nitrogens is 2. The Kier molecular flexibility index (Phi) is 4.65. The maximum absolute atomic E-state index is 13.8. The molecule has 8 heteroatoms. The van der Waals surface area contributed by atoms with E-state index in [0.717, 1.165) is 17.0 Å². The Labute approximate surface area is 153 Å². The maximum atomic E-state index is 13.8. The van der Waals surface area contributed by atoms with Crippen LogP contribution in [0.5, 0.6) is 0 Å². The quantitative estimate of drug-likeness (QED) is 0.478. The van der Waals surface area contributed by atoms with Gasteiger partial charge in [-0.3, -0.25) is 9.48 Å². The second kappa shape index (κ2) is 6.98. The maximum Gasteiger partial charge on any atom is 0.224 e.